The average molecular weight is 416 g/mol. The lowest BCUT2D eigenvalue weighted by molar-refractivity contribution is -0.126. The number of benzene rings is 2. The second-order valence-corrected chi connectivity index (χ2v) is 7.52. The third-order valence-electron chi connectivity index (χ3n) is 5.24. The maximum Gasteiger partial charge on any atom is 0.387 e. The minimum atomic E-state index is -2.84. The first-order valence-corrected chi connectivity index (χ1v) is 10.1. The van der Waals surface area contributed by atoms with Crippen LogP contribution in [0.25, 0.3) is 0 Å². The number of hydrogen-bond donors (Lipinski definition) is 1. The zero-order valence-corrected chi connectivity index (χ0v) is 16.9. The number of nitrogens with zero attached hydrogens (tertiary/aromatic N) is 1. The van der Waals surface area contributed by atoms with E-state index >= 15 is 0 Å². The molecule has 5 nitrogen and oxygen atoms in total. The summed E-state index contributed by atoms with van der Waals surface area (Å²) in [6, 6.07) is 13.8. The average Bonchev–Trinajstić information content (AvgIpc) is 2.74. The highest BCUT2D eigenvalue weighted by molar-refractivity contribution is 5.94. The number of likely N-dealkylation sites (tertiary alicyclic amines) is 1. The van der Waals surface area contributed by atoms with Crippen LogP contribution in [-0.2, 0) is 11.2 Å². The van der Waals surface area contributed by atoms with Crippen molar-refractivity contribution in [3.63, 3.8) is 0 Å². The molecule has 0 spiro atoms. The molecule has 0 aliphatic carbocycles. The molecule has 1 aliphatic heterocycles. The molecule has 0 radical (unpaired) electrons. The van der Waals surface area contributed by atoms with E-state index in [0.717, 1.165) is 24.0 Å². The van der Waals surface area contributed by atoms with E-state index in [1.165, 1.54) is 12.1 Å². The van der Waals surface area contributed by atoms with E-state index in [0.29, 0.717) is 31.6 Å². The molecule has 1 aliphatic rings. The number of rotatable bonds is 7. The second-order valence-electron chi connectivity index (χ2n) is 7.52. The van der Waals surface area contributed by atoms with Crippen molar-refractivity contribution in [2.75, 3.05) is 19.6 Å². The van der Waals surface area contributed by atoms with E-state index in [9.17, 15) is 18.4 Å². The Hall–Kier alpha value is -2.96. The highest BCUT2D eigenvalue weighted by Gasteiger charge is 2.28. The Labute approximate surface area is 175 Å². The van der Waals surface area contributed by atoms with Gasteiger partial charge < -0.3 is 15.0 Å². The number of amides is 2. The number of hydrogen-bond acceptors (Lipinski definition) is 3. The SMILES string of the molecule is Cc1ccc(C(=O)N2CCCC(C(=O)NCCc3ccc(OC(F)F)cc3)C2)cc1. The lowest BCUT2D eigenvalue weighted by Crippen LogP contribution is -2.45. The number of aryl methyl sites for hydroxylation is 1. The maximum absolute atomic E-state index is 12.7. The Balaban J connectivity index is 1.47. The molecule has 0 bridgehead atoms. The predicted octanol–water partition coefficient (Wildman–Crippen LogP) is 3.81. The summed E-state index contributed by atoms with van der Waals surface area (Å²) in [7, 11) is 0. The van der Waals surface area contributed by atoms with Crippen molar-refractivity contribution >= 4 is 11.8 Å². The summed E-state index contributed by atoms with van der Waals surface area (Å²) in [5.74, 6) is -0.221. The molecule has 0 saturated carbocycles. The van der Waals surface area contributed by atoms with Crippen molar-refractivity contribution in [1.29, 1.82) is 0 Å². The van der Waals surface area contributed by atoms with Gasteiger partial charge in [-0.05, 0) is 56.0 Å². The normalized spacial score (nSPS) is 16.4. The van der Waals surface area contributed by atoms with Crippen LogP contribution in [0.3, 0.4) is 0 Å². The third-order valence-corrected chi connectivity index (χ3v) is 5.24. The summed E-state index contributed by atoms with van der Waals surface area (Å²) < 4.78 is 28.7. The molecule has 1 N–H and O–H groups in total. The number of alkyl halides is 2. The largest absolute Gasteiger partial charge is 0.435 e. The van der Waals surface area contributed by atoms with Gasteiger partial charge in [-0.3, -0.25) is 9.59 Å². The monoisotopic (exact) mass is 416 g/mol. The molecule has 1 heterocycles. The molecule has 2 amide bonds. The van der Waals surface area contributed by atoms with E-state index < -0.39 is 6.61 Å². The van der Waals surface area contributed by atoms with Crippen molar-refractivity contribution < 1.29 is 23.1 Å². The van der Waals surface area contributed by atoms with Crippen LogP contribution in [0.15, 0.2) is 48.5 Å². The highest BCUT2D eigenvalue weighted by Crippen LogP contribution is 2.19. The topological polar surface area (TPSA) is 58.6 Å². The summed E-state index contributed by atoms with van der Waals surface area (Å²) in [6.07, 6.45) is 2.13. The Kier molecular flexibility index (Phi) is 7.38. The standard InChI is InChI=1S/C23H26F2N2O3/c1-16-4-8-18(9-5-16)22(29)27-14-2-3-19(15-27)21(28)26-13-12-17-6-10-20(11-7-17)30-23(24)25/h4-11,19,23H,2-3,12-15H2,1H3,(H,26,28). The molecule has 0 aromatic heterocycles. The van der Waals surface area contributed by atoms with Gasteiger partial charge in [0.1, 0.15) is 5.75 Å². The van der Waals surface area contributed by atoms with Crippen LogP contribution < -0.4 is 10.1 Å². The van der Waals surface area contributed by atoms with Gasteiger partial charge >= 0.3 is 6.61 Å². The van der Waals surface area contributed by atoms with Gasteiger partial charge in [0.25, 0.3) is 5.91 Å². The number of nitrogens with one attached hydrogen (secondary N) is 1. The molecule has 30 heavy (non-hydrogen) atoms. The van der Waals surface area contributed by atoms with Crippen molar-refractivity contribution in [2.24, 2.45) is 5.92 Å². The molecule has 2 aromatic carbocycles. The van der Waals surface area contributed by atoms with E-state index in [1.54, 1.807) is 17.0 Å². The molecule has 7 heteroatoms. The molecule has 1 atom stereocenters. The molecule has 1 saturated heterocycles. The summed E-state index contributed by atoms with van der Waals surface area (Å²) in [6.45, 7) is 0.641. The fraction of sp³-hybridized carbons (Fsp3) is 0.391. The Bertz CT molecular complexity index is 854. The fourth-order valence-corrected chi connectivity index (χ4v) is 3.57. The molecule has 1 unspecified atom stereocenters. The lowest BCUT2D eigenvalue weighted by Gasteiger charge is -2.32. The first-order chi connectivity index (χ1) is 14.4. The number of halogens is 2. The minimum Gasteiger partial charge on any atom is -0.435 e. The fourth-order valence-electron chi connectivity index (χ4n) is 3.57. The van der Waals surface area contributed by atoms with Gasteiger partial charge in [-0.15, -0.1) is 0 Å². The van der Waals surface area contributed by atoms with Gasteiger partial charge in [-0.2, -0.15) is 8.78 Å². The molecule has 2 aromatic rings. The van der Waals surface area contributed by atoms with Crippen molar-refractivity contribution in [3.8, 4) is 5.75 Å². The zero-order valence-electron chi connectivity index (χ0n) is 16.9. The summed E-state index contributed by atoms with van der Waals surface area (Å²) in [5, 5.41) is 2.93. The van der Waals surface area contributed by atoms with Crippen LogP contribution in [0.4, 0.5) is 8.78 Å². The number of carbonyl (C=O) groups excluding carboxylic acids is 2. The Morgan fingerprint density at radius 2 is 1.83 bits per heavy atom. The molecule has 3 rings (SSSR count). The van der Waals surface area contributed by atoms with Crippen molar-refractivity contribution in [3.05, 3.63) is 65.2 Å². The van der Waals surface area contributed by atoms with Gasteiger partial charge in [0, 0.05) is 25.2 Å². The van der Waals surface area contributed by atoms with Gasteiger partial charge in [0.05, 0.1) is 5.92 Å². The van der Waals surface area contributed by atoms with E-state index in [4.69, 9.17) is 0 Å². The Morgan fingerprint density at radius 3 is 2.50 bits per heavy atom. The smallest absolute Gasteiger partial charge is 0.387 e. The third kappa shape index (κ3) is 6.02. The van der Waals surface area contributed by atoms with Gasteiger partial charge in [-0.25, -0.2) is 0 Å². The predicted molar refractivity (Wildman–Crippen MR) is 110 cm³/mol. The quantitative estimate of drug-likeness (QED) is 0.747. The lowest BCUT2D eigenvalue weighted by atomic mass is 9.96. The van der Waals surface area contributed by atoms with Gasteiger partial charge in [0.15, 0.2) is 0 Å². The van der Waals surface area contributed by atoms with E-state index in [2.05, 4.69) is 10.1 Å². The summed E-state index contributed by atoms with van der Waals surface area (Å²) in [4.78, 5) is 27.0. The minimum absolute atomic E-state index is 0.0430. The summed E-state index contributed by atoms with van der Waals surface area (Å²) >= 11 is 0. The van der Waals surface area contributed by atoms with Crippen molar-refractivity contribution in [2.45, 2.75) is 32.8 Å². The van der Waals surface area contributed by atoms with Crippen LogP contribution in [0.1, 0.15) is 34.3 Å². The first-order valence-electron chi connectivity index (χ1n) is 10.1. The van der Waals surface area contributed by atoms with Crippen LogP contribution in [0.5, 0.6) is 5.75 Å². The first kappa shape index (κ1) is 21.7. The number of piperidine rings is 1. The van der Waals surface area contributed by atoms with Crippen LogP contribution in [-0.4, -0.2) is 43.0 Å². The van der Waals surface area contributed by atoms with E-state index in [1.807, 2.05) is 31.2 Å². The number of carbonyl (C=O) groups is 2. The second kappa shape index (κ2) is 10.2. The van der Waals surface area contributed by atoms with Crippen LogP contribution >= 0.6 is 0 Å². The molecule has 160 valence electrons. The molecular formula is C23H26F2N2O3. The molecular weight excluding hydrogens is 390 g/mol. The van der Waals surface area contributed by atoms with Crippen LogP contribution in [0.2, 0.25) is 0 Å². The number of ether oxygens (including phenoxy) is 1. The highest BCUT2D eigenvalue weighted by atomic mass is 19.3. The van der Waals surface area contributed by atoms with Crippen LogP contribution in [0, 0.1) is 12.8 Å². The Morgan fingerprint density at radius 1 is 1.13 bits per heavy atom. The van der Waals surface area contributed by atoms with Gasteiger partial charge in [0.2, 0.25) is 5.91 Å². The van der Waals surface area contributed by atoms with Gasteiger partial charge in [-0.1, -0.05) is 29.8 Å². The van der Waals surface area contributed by atoms with Crippen molar-refractivity contribution in [1.82, 2.24) is 10.2 Å². The zero-order chi connectivity index (χ0) is 21.5. The maximum atomic E-state index is 12.7. The molecule has 1 fully saturated rings. The van der Waals surface area contributed by atoms with E-state index in [-0.39, 0.29) is 23.5 Å². The summed E-state index contributed by atoms with van der Waals surface area (Å²) in [5.41, 5.74) is 2.65.